The van der Waals surface area contributed by atoms with E-state index in [1.807, 2.05) is 6.92 Å². The van der Waals surface area contributed by atoms with E-state index in [0.29, 0.717) is 31.8 Å². The molecule has 0 radical (unpaired) electrons. The highest BCUT2D eigenvalue weighted by molar-refractivity contribution is 9.11. The lowest BCUT2D eigenvalue weighted by Crippen LogP contribution is -2.54. The fourth-order valence-corrected chi connectivity index (χ4v) is 4.20. The highest BCUT2D eigenvalue weighted by Crippen LogP contribution is 2.35. The standard InChI is InChI=1S/C19H13Br2N3O6/c1-2-30-16-14(20)7-10(8-15(16)21)6-13-17(25)22-19(27)23(18(13)26)11-4-3-5-12(9-11)24(28)29/h3-9H,2H2,1H3,(H,22,25,27)/b13-6+. The SMILES string of the molecule is CCOc1c(Br)cc(/C=C2\C(=O)NC(=O)N(c3cccc([N+](=O)[O-])c3)C2=O)cc1Br. The summed E-state index contributed by atoms with van der Waals surface area (Å²) < 4.78 is 6.70. The van der Waals surface area contributed by atoms with Crippen LogP contribution in [-0.4, -0.2) is 29.4 Å². The van der Waals surface area contributed by atoms with Crippen LogP contribution in [0, 0.1) is 10.1 Å². The molecule has 2 aromatic carbocycles. The minimum atomic E-state index is -0.989. The van der Waals surface area contributed by atoms with Crippen molar-refractivity contribution in [1.29, 1.82) is 0 Å². The molecule has 0 aromatic heterocycles. The van der Waals surface area contributed by atoms with Crippen molar-refractivity contribution in [3.8, 4) is 5.75 Å². The van der Waals surface area contributed by atoms with Gasteiger partial charge in [0.25, 0.3) is 17.5 Å². The largest absolute Gasteiger partial charge is 0.492 e. The Labute approximate surface area is 187 Å². The van der Waals surface area contributed by atoms with E-state index in [0.717, 1.165) is 6.07 Å². The molecule has 0 unspecified atom stereocenters. The molecule has 0 saturated carbocycles. The molecule has 0 bridgehead atoms. The van der Waals surface area contributed by atoms with Gasteiger partial charge in [0.1, 0.15) is 11.3 Å². The number of carbonyl (C=O) groups excluding carboxylic acids is 3. The van der Waals surface area contributed by atoms with Crippen LogP contribution in [0.2, 0.25) is 0 Å². The number of nitro benzene ring substituents is 1. The molecule has 0 spiro atoms. The van der Waals surface area contributed by atoms with Crippen LogP contribution in [0.4, 0.5) is 16.2 Å². The van der Waals surface area contributed by atoms with Gasteiger partial charge in [0.2, 0.25) is 0 Å². The Morgan fingerprint density at radius 1 is 1.17 bits per heavy atom. The Morgan fingerprint density at radius 2 is 1.83 bits per heavy atom. The van der Waals surface area contributed by atoms with Crippen molar-refractivity contribution in [2.24, 2.45) is 0 Å². The molecule has 1 saturated heterocycles. The number of nitrogens with one attached hydrogen (secondary N) is 1. The van der Waals surface area contributed by atoms with Crippen molar-refractivity contribution in [2.75, 3.05) is 11.5 Å². The molecule has 1 fully saturated rings. The molecular formula is C19H13Br2N3O6. The summed E-state index contributed by atoms with van der Waals surface area (Å²) in [7, 11) is 0. The van der Waals surface area contributed by atoms with Gasteiger partial charge in [-0.2, -0.15) is 0 Å². The molecule has 154 valence electrons. The number of amides is 4. The van der Waals surface area contributed by atoms with E-state index < -0.39 is 22.8 Å². The van der Waals surface area contributed by atoms with E-state index in [9.17, 15) is 24.5 Å². The molecule has 30 heavy (non-hydrogen) atoms. The van der Waals surface area contributed by atoms with Crippen molar-refractivity contribution in [2.45, 2.75) is 6.92 Å². The number of barbiturate groups is 1. The van der Waals surface area contributed by atoms with Crippen LogP contribution in [0.15, 0.2) is 50.9 Å². The van der Waals surface area contributed by atoms with Crippen LogP contribution in [0.1, 0.15) is 12.5 Å². The molecule has 9 nitrogen and oxygen atoms in total. The van der Waals surface area contributed by atoms with Gasteiger partial charge in [-0.05, 0) is 68.6 Å². The number of anilines is 1. The Bertz CT molecular complexity index is 1090. The van der Waals surface area contributed by atoms with Gasteiger partial charge in [-0.3, -0.25) is 25.0 Å². The summed E-state index contributed by atoms with van der Waals surface area (Å²) in [6.07, 6.45) is 1.32. The average Bonchev–Trinajstić information content (AvgIpc) is 2.68. The monoisotopic (exact) mass is 537 g/mol. The number of rotatable bonds is 5. The first-order chi connectivity index (χ1) is 14.2. The number of nitrogens with zero attached hydrogens (tertiary/aromatic N) is 2. The number of ether oxygens (including phenoxy) is 1. The van der Waals surface area contributed by atoms with Crippen LogP contribution >= 0.6 is 31.9 Å². The van der Waals surface area contributed by atoms with E-state index in [1.165, 1.54) is 24.3 Å². The van der Waals surface area contributed by atoms with Gasteiger partial charge in [-0.1, -0.05) is 6.07 Å². The first-order valence-corrected chi connectivity index (χ1v) is 10.1. The molecule has 2 aromatic rings. The Kier molecular flexibility index (Phi) is 6.32. The number of benzene rings is 2. The predicted molar refractivity (Wildman–Crippen MR) is 115 cm³/mol. The van der Waals surface area contributed by atoms with Gasteiger partial charge < -0.3 is 4.74 Å². The molecular weight excluding hydrogens is 526 g/mol. The summed E-state index contributed by atoms with van der Waals surface area (Å²) in [4.78, 5) is 48.5. The lowest BCUT2D eigenvalue weighted by Gasteiger charge is -2.26. The summed E-state index contributed by atoms with van der Waals surface area (Å²) in [5, 5.41) is 13.1. The minimum absolute atomic E-state index is 0.0286. The zero-order valence-corrected chi connectivity index (χ0v) is 18.5. The van der Waals surface area contributed by atoms with Crippen LogP contribution in [0.3, 0.4) is 0 Å². The van der Waals surface area contributed by atoms with Gasteiger partial charge in [-0.15, -0.1) is 0 Å². The average molecular weight is 539 g/mol. The molecule has 0 aliphatic carbocycles. The van der Waals surface area contributed by atoms with E-state index in [1.54, 1.807) is 12.1 Å². The molecule has 4 amide bonds. The minimum Gasteiger partial charge on any atom is -0.492 e. The summed E-state index contributed by atoms with van der Waals surface area (Å²) in [5.41, 5.74) is -0.137. The maximum atomic E-state index is 12.9. The van der Waals surface area contributed by atoms with Gasteiger partial charge in [-0.25, -0.2) is 9.69 Å². The van der Waals surface area contributed by atoms with E-state index in [-0.39, 0.29) is 16.9 Å². The smallest absolute Gasteiger partial charge is 0.335 e. The number of hydrogen-bond donors (Lipinski definition) is 1. The van der Waals surface area contributed by atoms with Crippen molar-refractivity contribution in [3.63, 3.8) is 0 Å². The van der Waals surface area contributed by atoms with Crippen molar-refractivity contribution in [3.05, 3.63) is 66.6 Å². The van der Waals surface area contributed by atoms with Crippen molar-refractivity contribution >= 4 is 67.2 Å². The fourth-order valence-electron chi connectivity index (χ4n) is 2.75. The fraction of sp³-hybridized carbons (Fsp3) is 0.105. The molecule has 1 aliphatic rings. The van der Waals surface area contributed by atoms with Crippen LogP contribution < -0.4 is 15.0 Å². The number of imide groups is 2. The molecule has 1 N–H and O–H groups in total. The summed E-state index contributed by atoms with van der Waals surface area (Å²) in [6.45, 7) is 2.28. The summed E-state index contributed by atoms with van der Waals surface area (Å²) in [6, 6.07) is 7.32. The van der Waals surface area contributed by atoms with Crippen molar-refractivity contribution in [1.82, 2.24) is 5.32 Å². The van der Waals surface area contributed by atoms with Gasteiger partial charge in [0, 0.05) is 12.1 Å². The van der Waals surface area contributed by atoms with Gasteiger partial charge >= 0.3 is 6.03 Å². The highest BCUT2D eigenvalue weighted by Gasteiger charge is 2.37. The van der Waals surface area contributed by atoms with Crippen LogP contribution in [-0.2, 0) is 9.59 Å². The van der Waals surface area contributed by atoms with Crippen molar-refractivity contribution < 1.29 is 24.0 Å². The number of nitro groups is 1. The number of hydrogen-bond acceptors (Lipinski definition) is 6. The second kappa shape index (κ2) is 8.76. The second-order valence-electron chi connectivity index (χ2n) is 5.98. The quantitative estimate of drug-likeness (QED) is 0.264. The summed E-state index contributed by atoms with van der Waals surface area (Å²) in [5.74, 6) is -1.20. The zero-order valence-electron chi connectivity index (χ0n) is 15.3. The Hall–Kier alpha value is -3.05. The van der Waals surface area contributed by atoms with E-state index in [2.05, 4.69) is 37.2 Å². The third-order valence-corrected chi connectivity index (χ3v) is 5.20. The van der Waals surface area contributed by atoms with Gasteiger partial charge in [0.15, 0.2) is 0 Å². The topological polar surface area (TPSA) is 119 Å². The third-order valence-electron chi connectivity index (χ3n) is 4.02. The molecule has 0 atom stereocenters. The third kappa shape index (κ3) is 4.26. The maximum Gasteiger partial charge on any atom is 0.335 e. The number of carbonyl (C=O) groups is 3. The molecule has 3 rings (SSSR count). The normalized spacial score (nSPS) is 15.4. The first kappa shape index (κ1) is 21.7. The maximum absolute atomic E-state index is 12.9. The van der Waals surface area contributed by atoms with E-state index in [4.69, 9.17) is 4.74 Å². The zero-order chi connectivity index (χ0) is 22.0. The highest BCUT2D eigenvalue weighted by atomic mass is 79.9. The lowest BCUT2D eigenvalue weighted by molar-refractivity contribution is -0.384. The predicted octanol–water partition coefficient (Wildman–Crippen LogP) is 4.18. The number of urea groups is 1. The lowest BCUT2D eigenvalue weighted by atomic mass is 10.1. The second-order valence-corrected chi connectivity index (χ2v) is 7.69. The van der Waals surface area contributed by atoms with E-state index >= 15 is 0 Å². The Morgan fingerprint density at radius 3 is 2.43 bits per heavy atom. The Balaban J connectivity index is 2.03. The number of non-ortho nitro benzene ring substituents is 1. The summed E-state index contributed by atoms with van der Waals surface area (Å²) >= 11 is 6.75. The first-order valence-electron chi connectivity index (χ1n) is 8.50. The van der Waals surface area contributed by atoms with Crippen LogP contribution in [0.25, 0.3) is 6.08 Å². The molecule has 1 aliphatic heterocycles. The van der Waals surface area contributed by atoms with Gasteiger partial charge in [0.05, 0.1) is 26.2 Å². The number of halogens is 2. The molecule has 1 heterocycles. The van der Waals surface area contributed by atoms with Crippen LogP contribution in [0.5, 0.6) is 5.75 Å². The molecule has 11 heteroatoms.